The Morgan fingerprint density at radius 2 is 1.53 bits per heavy atom. The number of aromatic nitrogens is 3. The standard InChI is InChI=1S/C24H31N5S/c1-19(2)17-26-13-15-27(16-14-26)18-28-24(30)29(22-11-9-20(3)10-12-22)23(25-28)21-7-5-4-6-8-21/h4-12,19H,13-18H2,1-3H3. The highest BCUT2D eigenvalue weighted by molar-refractivity contribution is 7.71. The molecule has 0 spiro atoms. The van der Waals surface area contributed by atoms with E-state index < -0.39 is 0 Å². The molecule has 0 radical (unpaired) electrons. The lowest BCUT2D eigenvalue weighted by Gasteiger charge is -2.35. The first-order valence-electron chi connectivity index (χ1n) is 10.8. The summed E-state index contributed by atoms with van der Waals surface area (Å²) in [6, 6.07) is 18.8. The summed E-state index contributed by atoms with van der Waals surface area (Å²) in [6.07, 6.45) is 0. The number of aryl methyl sites for hydroxylation is 1. The van der Waals surface area contributed by atoms with E-state index in [0.717, 1.165) is 54.7 Å². The minimum Gasteiger partial charge on any atom is -0.301 e. The van der Waals surface area contributed by atoms with Crippen LogP contribution < -0.4 is 0 Å². The zero-order chi connectivity index (χ0) is 21.1. The van der Waals surface area contributed by atoms with Gasteiger partial charge in [0.25, 0.3) is 0 Å². The van der Waals surface area contributed by atoms with Crippen LogP contribution >= 0.6 is 12.2 Å². The number of benzene rings is 2. The van der Waals surface area contributed by atoms with Crippen molar-refractivity contribution in [2.45, 2.75) is 27.4 Å². The van der Waals surface area contributed by atoms with Gasteiger partial charge in [-0.2, -0.15) is 0 Å². The first kappa shape index (κ1) is 21.0. The Kier molecular flexibility index (Phi) is 6.46. The minimum absolute atomic E-state index is 0.712. The molecule has 4 rings (SSSR count). The quantitative estimate of drug-likeness (QED) is 0.544. The second kappa shape index (κ2) is 9.25. The van der Waals surface area contributed by atoms with E-state index in [2.05, 4.69) is 71.5 Å². The highest BCUT2D eigenvalue weighted by Crippen LogP contribution is 2.23. The predicted molar refractivity (Wildman–Crippen MR) is 125 cm³/mol. The van der Waals surface area contributed by atoms with E-state index in [1.54, 1.807) is 0 Å². The number of piperazine rings is 1. The predicted octanol–water partition coefficient (Wildman–Crippen LogP) is 4.61. The molecular weight excluding hydrogens is 390 g/mol. The van der Waals surface area contributed by atoms with Crippen molar-refractivity contribution in [3.05, 3.63) is 64.9 Å². The molecule has 0 bridgehead atoms. The molecule has 2 aromatic carbocycles. The zero-order valence-electron chi connectivity index (χ0n) is 18.2. The molecule has 1 aromatic heterocycles. The fourth-order valence-corrected chi connectivity index (χ4v) is 4.31. The summed E-state index contributed by atoms with van der Waals surface area (Å²) in [5, 5.41) is 4.96. The lowest BCUT2D eigenvalue weighted by Crippen LogP contribution is -2.47. The lowest BCUT2D eigenvalue weighted by molar-refractivity contribution is 0.0951. The summed E-state index contributed by atoms with van der Waals surface area (Å²) in [5.74, 6) is 1.60. The van der Waals surface area contributed by atoms with Gasteiger partial charge in [0.05, 0.1) is 6.67 Å². The molecule has 5 nitrogen and oxygen atoms in total. The molecule has 1 saturated heterocycles. The third-order valence-electron chi connectivity index (χ3n) is 5.59. The normalized spacial score (nSPS) is 15.7. The van der Waals surface area contributed by atoms with Gasteiger partial charge in [0.1, 0.15) is 0 Å². The van der Waals surface area contributed by atoms with Gasteiger partial charge in [-0.25, -0.2) is 4.68 Å². The minimum atomic E-state index is 0.712. The second-order valence-corrected chi connectivity index (χ2v) is 8.96. The molecule has 2 heterocycles. The Hall–Kier alpha value is -2.28. The van der Waals surface area contributed by atoms with Crippen LogP contribution in [0.4, 0.5) is 0 Å². The molecule has 30 heavy (non-hydrogen) atoms. The Morgan fingerprint density at radius 3 is 2.17 bits per heavy atom. The van der Waals surface area contributed by atoms with Crippen LogP contribution in [0.5, 0.6) is 0 Å². The zero-order valence-corrected chi connectivity index (χ0v) is 19.0. The topological polar surface area (TPSA) is 29.2 Å². The van der Waals surface area contributed by atoms with Gasteiger partial charge >= 0.3 is 0 Å². The van der Waals surface area contributed by atoms with Crippen molar-refractivity contribution >= 4 is 12.2 Å². The smallest absolute Gasteiger partial charge is 0.204 e. The summed E-state index contributed by atoms with van der Waals surface area (Å²) in [5.41, 5.74) is 3.36. The van der Waals surface area contributed by atoms with E-state index in [1.807, 2.05) is 22.9 Å². The molecular formula is C24H31N5S. The molecule has 1 aliphatic rings. The van der Waals surface area contributed by atoms with Gasteiger partial charge < -0.3 is 4.90 Å². The largest absolute Gasteiger partial charge is 0.301 e. The molecule has 3 aromatic rings. The molecule has 0 atom stereocenters. The van der Waals surface area contributed by atoms with E-state index in [1.165, 1.54) is 12.1 Å². The first-order valence-corrected chi connectivity index (χ1v) is 11.2. The summed E-state index contributed by atoms with van der Waals surface area (Å²) in [4.78, 5) is 5.01. The summed E-state index contributed by atoms with van der Waals surface area (Å²) >= 11 is 5.90. The van der Waals surface area contributed by atoms with Crippen molar-refractivity contribution in [2.24, 2.45) is 5.92 Å². The van der Waals surface area contributed by atoms with Crippen LogP contribution in [0.3, 0.4) is 0 Å². The van der Waals surface area contributed by atoms with Crippen molar-refractivity contribution < 1.29 is 0 Å². The Balaban J connectivity index is 1.62. The van der Waals surface area contributed by atoms with Gasteiger partial charge in [0.2, 0.25) is 4.77 Å². The molecule has 0 saturated carbocycles. The molecule has 0 aliphatic carbocycles. The molecule has 0 N–H and O–H groups in total. The van der Waals surface area contributed by atoms with Crippen molar-refractivity contribution in [1.29, 1.82) is 0 Å². The third kappa shape index (κ3) is 4.72. The van der Waals surface area contributed by atoms with Gasteiger partial charge in [-0.15, -0.1) is 5.10 Å². The van der Waals surface area contributed by atoms with E-state index in [0.29, 0.717) is 5.92 Å². The van der Waals surface area contributed by atoms with E-state index in [9.17, 15) is 0 Å². The first-order chi connectivity index (χ1) is 14.5. The maximum Gasteiger partial charge on any atom is 0.204 e. The second-order valence-electron chi connectivity index (χ2n) is 8.60. The van der Waals surface area contributed by atoms with Gasteiger partial charge in [-0.3, -0.25) is 9.47 Å². The lowest BCUT2D eigenvalue weighted by atomic mass is 10.2. The van der Waals surface area contributed by atoms with Gasteiger partial charge in [-0.05, 0) is 37.2 Å². The molecule has 0 amide bonds. The average molecular weight is 422 g/mol. The highest BCUT2D eigenvalue weighted by atomic mass is 32.1. The van der Waals surface area contributed by atoms with Gasteiger partial charge in [0, 0.05) is 44.0 Å². The molecule has 0 unspecified atom stereocenters. The molecule has 1 aliphatic heterocycles. The highest BCUT2D eigenvalue weighted by Gasteiger charge is 2.20. The summed E-state index contributed by atoms with van der Waals surface area (Å²) in [6.45, 7) is 12.9. The number of nitrogens with zero attached hydrogens (tertiary/aromatic N) is 5. The van der Waals surface area contributed by atoms with E-state index >= 15 is 0 Å². The fraction of sp³-hybridized carbons (Fsp3) is 0.417. The molecule has 6 heteroatoms. The monoisotopic (exact) mass is 421 g/mol. The van der Waals surface area contributed by atoms with Crippen LogP contribution in [-0.2, 0) is 6.67 Å². The average Bonchev–Trinajstić information content (AvgIpc) is 3.06. The summed E-state index contributed by atoms with van der Waals surface area (Å²) < 4.78 is 4.82. The van der Waals surface area contributed by atoms with Gasteiger partial charge in [-0.1, -0.05) is 61.9 Å². The van der Waals surface area contributed by atoms with Crippen LogP contribution in [-0.4, -0.2) is 56.9 Å². The maximum atomic E-state index is 5.90. The van der Waals surface area contributed by atoms with Gasteiger partial charge in [0.15, 0.2) is 5.82 Å². The van der Waals surface area contributed by atoms with E-state index in [4.69, 9.17) is 17.3 Å². The van der Waals surface area contributed by atoms with Crippen molar-refractivity contribution in [2.75, 3.05) is 32.7 Å². The number of hydrogen-bond acceptors (Lipinski definition) is 4. The maximum absolute atomic E-state index is 5.90. The van der Waals surface area contributed by atoms with Crippen molar-refractivity contribution in [3.8, 4) is 17.1 Å². The van der Waals surface area contributed by atoms with Crippen LogP contribution in [0.25, 0.3) is 17.1 Å². The van der Waals surface area contributed by atoms with Crippen LogP contribution in [0.1, 0.15) is 19.4 Å². The summed E-state index contributed by atoms with van der Waals surface area (Å²) in [7, 11) is 0. The third-order valence-corrected chi connectivity index (χ3v) is 5.98. The van der Waals surface area contributed by atoms with Crippen LogP contribution in [0.15, 0.2) is 54.6 Å². The van der Waals surface area contributed by atoms with Crippen molar-refractivity contribution in [1.82, 2.24) is 24.1 Å². The SMILES string of the molecule is Cc1ccc(-n2c(-c3ccccc3)nn(CN3CCN(CC(C)C)CC3)c2=S)cc1. The van der Waals surface area contributed by atoms with Crippen LogP contribution in [0, 0.1) is 17.6 Å². The number of hydrogen-bond donors (Lipinski definition) is 0. The van der Waals surface area contributed by atoms with Crippen LogP contribution in [0.2, 0.25) is 0 Å². The molecule has 158 valence electrons. The Labute approximate surface area is 184 Å². The fourth-order valence-electron chi connectivity index (χ4n) is 4.02. The molecule has 1 fully saturated rings. The number of rotatable bonds is 6. The Morgan fingerprint density at radius 1 is 0.900 bits per heavy atom. The van der Waals surface area contributed by atoms with E-state index in [-0.39, 0.29) is 0 Å². The van der Waals surface area contributed by atoms with Crippen molar-refractivity contribution in [3.63, 3.8) is 0 Å². The Bertz CT molecular complexity index is 1010.